The third-order valence-corrected chi connectivity index (χ3v) is 5.69. The topological polar surface area (TPSA) is 128 Å². The number of nitrogens with zero attached hydrogens (tertiary/aromatic N) is 5. The number of hydrogen-bond donors (Lipinski definition) is 1. The quantitative estimate of drug-likeness (QED) is 0.488. The van der Waals surface area contributed by atoms with Crippen LogP contribution < -0.4 is 5.14 Å². The molecule has 3 heterocycles. The fourth-order valence-corrected chi connectivity index (χ4v) is 3.73. The van der Waals surface area contributed by atoms with E-state index in [1.54, 1.807) is 10.6 Å². The third kappa shape index (κ3) is 3.27. The first-order valence-electron chi connectivity index (χ1n) is 8.01. The van der Waals surface area contributed by atoms with E-state index in [4.69, 9.17) is 5.14 Å². The standard InChI is InChI=1S/C18H10BrFN6O2S/c19-13-7-16-11(6-14(13)20)12(8-21)17(26(16)18-23-4-1-5-24-18)15-3-2-10(9-25-15)29(22,27)28/h1-7,9H,(H2,22,27,28). The van der Waals surface area contributed by atoms with Gasteiger partial charge < -0.3 is 0 Å². The highest BCUT2D eigenvalue weighted by molar-refractivity contribution is 9.10. The van der Waals surface area contributed by atoms with Crippen LogP contribution in [-0.4, -0.2) is 27.9 Å². The molecule has 0 unspecified atom stereocenters. The van der Waals surface area contributed by atoms with E-state index in [0.717, 1.165) is 6.20 Å². The van der Waals surface area contributed by atoms with Gasteiger partial charge in [-0.1, -0.05) is 0 Å². The second-order valence-corrected chi connectivity index (χ2v) is 8.34. The monoisotopic (exact) mass is 472 g/mol. The second-order valence-electron chi connectivity index (χ2n) is 5.93. The van der Waals surface area contributed by atoms with Crippen LogP contribution in [0.25, 0.3) is 28.2 Å². The molecule has 144 valence electrons. The van der Waals surface area contributed by atoms with Crippen LogP contribution in [0.1, 0.15) is 5.56 Å². The highest BCUT2D eigenvalue weighted by Gasteiger charge is 2.24. The highest BCUT2D eigenvalue weighted by Crippen LogP contribution is 2.36. The van der Waals surface area contributed by atoms with Crippen molar-refractivity contribution in [1.29, 1.82) is 5.26 Å². The molecular formula is C18H10BrFN6O2S. The molecule has 0 aliphatic rings. The number of benzene rings is 1. The van der Waals surface area contributed by atoms with Gasteiger partial charge in [0, 0.05) is 24.0 Å². The largest absolute Gasteiger partial charge is 0.275 e. The van der Waals surface area contributed by atoms with Crippen molar-refractivity contribution in [3.05, 3.63) is 64.8 Å². The van der Waals surface area contributed by atoms with E-state index < -0.39 is 15.8 Å². The van der Waals surface area contributed by atoms with Crippen molar-refractivity contribution in [2.45, 2.75) is 4.90 Å². The number of nitrogens with two attached hydrogens (primary N) is 1. The molecule has 1 aromatic carbocycles. The summed E-state index contributed by atoms with van der Waals surface area (Å²) in [5.74, 6) is -0.297. The van der Waals surface area contributed by atoms with Gasteiger partial charge in [-0.25, -0.2) is 27.9 Å². The molecule has 0 spiro atoms. The van der Waals surface area contributed by atoms with Crippen molar-refractivity contribution in [3.63, 3.8) is 0 Å². The molecule has 2 N–H and O–H groups in total. The van der Waals surface area contributed by atoms with Crippen LogP contribution in [0.3, 0.4) is 0 Å². The third-order valence-electron chi connectivity index (χ3n) is 4.18. The molecule has 0 aliphatic carbocycles. The number of nitriles is 1. The lowest BCUT2D eigenvalue weighted by atomic mass is 10.1. The normalized spacial score (nSPS) is 11.5. The molecule has 0 radical (unpaired) electrons. The molecule has 0 aliphatic heterocycles. The predicted octanol–water partition coefficient (Wildman–Crippen LogP) is 2.90. The van der Waals surface area contributed by atoms with E-state index in [1.807, 2.05) is 0 Å². The molecule has 4 rings (SSSR count). The molecule has 0 fully saturated rings. The SMILES string of the molecule is N#Cc1c(-c2ccc(S(N)(=O)=O)cn2)n(-c2ncccn2)c2cc(Br)c(F)cc12. The molecule has 29 heavy (non-hydrogen) atoms. The van der Waals surface area contributed by atoms with Crippen molar-refractivity contribution < 1.29 is 12.8 Å². The summed E-state index contributed by atoms with van der Waals surface area (Å²) in [6.45, 7) is 0. The summed E-state index contributed by atoms with van der Waals surface area (Å²) in [5, 5.41) is 15.3. The number of pyridine rings is 1. The molecule has 0 amide bonds. The molecule has 3 aromatic heterocycles. The van der Waals surface area contributed by atoms with E-state index in [-0.39, 0.29) is 26.6 Å². The van der Waals surface area contributed by atoms with Gasteiger partial charge in [-0.3, -0.25) is 9.55 Å². The van der Waals surface area contributed by atoms with Crippen molar-refractivity contribution in [3.8, 4) is 23.4 Å². The molecule has 0 atom stereocenters. The van der Waals surface area contributed by atoms with Gasteiger partial charge in [-0.05, 0) is 46.3 Å². The van der Waals surface area contributed by atoms with E-state index >= 15 is 0 Å². The van der Waals surface area contributed by atoms with Gasteiger partial charge in [0.2, 0.25) is 16.0 Å². The zero-order chi connectivity index (χ0) is 20.8. The first-order chi connectivity index (χ1) is 13.8. The van der Waals surface area contributed by atoms with Gasteiger partial charge in [-0.2, -0.15) is 5.26 Å². The maximum absolute atomic E-state index is 14.2. The predicted molar refractivity (Wildman–Crippen MR) is 106 cm³/mol. The number of sulfonamides is 1. The van der Waals surface area contributed by atoms with Crippen LogP contribution in [0.2, 0.25) is 0 Å². The Morgan fingerprint density at radius 2 is 1.90 bits per heavy atom. The molecular weight excluding hydrogens is 463 g/mol. The van der Waals surface area contributed by atoms with E-state index in [0.29, 0.717) is 16.6 Å². The van der Waals surface area contributed by atoms with Crippen LogP contribution in [0.5, 0.6) is 0 Å². The second kappa shape index (κ2) is 7.00. The number of primary sulfonamides is 1. The highest BCUT2D eigenvalue weighted by atomic mass is 79.9. The van der Waals surface area contributed by atoms with Gasteiger partial charge >= 0.3 is 0 Å². The first kappa shape index (κ1) is 19.1. The van der Waals surface area contributed by atoms with Crippen molar-refractivity contribution in [2.75, 3.05) is 0 Å². The summed E-state index contributed by atoms with van der Waals surface area (Å²) in [6, 6.07) is 9.16. The fourth-order valence-electron chi connectivity index (χ4n) is 2.94. The van der Waals surface area contributed by atoms with Crippen molar-refractivity contribution >= 4 is 36.9 Å². The minimum atomic E-state index is -3.93. The summed E-state index contributed by atoms with van der Waals surface area (Å²) < 4.78 is 39.0. The number of aromatic nitrogens is 4. The molecule has 11 heteroatoms. The Kier molecular flexibility index (Phi) is 4.62. The average Bonchev–Trinajstić information content (AvgIpc) is 3.01. The lowest BCUT2D eigenvalue weighted by Crippen LogP contribution is -2.12. The lowest BCUT2D eigenvalue weighted by molar-refractivity contribution is 0.597. The van der Waals surface area contributed by atoms with E-state index in [1.165, 1.54) is 36.7 Å². The first-order valence-corrected chi connectivity index (χ1v) is 10.4. The van der Waals surface area contributed by atoms with E-state index in [9.17, 15) is 18.1 Å². The van der Waals surface area contributed by atoms with Gasteiger partial charge in [0.1, 0.15) is 16.8 Å². The van der Waals surface area contributed by atoms with Gasteiger partial charge in [-0.15, -0.1) is 0 Å². The lowest BCUT2D eigenvalue weighted by Gasteiger charge is -2.09. The minimum Gasteiger partial charge on any atom is -0.275 e. The Morgan fingerprint density at radius 3 is 2.48 bits per heavy atom. The molecule has 4 aromatic rings. The molecule has 0 saturated heterocycles. The summed E-state index contributed by atoms with van der Waals surface area (Å²) in [4.78, 5) is 12.4. The molecule has 0 saturated carbocycles. The van der Waals surface area contributed by atoms with Gasteiger partial charge in [0.15, 0.2) is 0 Å². The minimum absolute atomic E-state index is 0.148. The fraction of sp³-hybridized carbons (Fsp3) is 0. The molecule has 8 nitrogen and oxygen atoms in total. The number of rotatable bonds is 3. The maximum Gasteiger partial charge on any atom is 0.239 e. The Bertz CT molecular complexity index is 1400. The van der Waals surface area contributed by atoms with E-state index in [2.05, 4.69) is 37.0 Å². The van der Waals surface area contributed by atoms with Gasteiger partial charge in [0.05, 0.1) is 26.9 Å². The summed E-state index contributed by atoms with van der Waals surface area (Å²) in [7, 11) is -3.93. The Hall–Kier alpha value is -3.20. The van der Waals surface area contributed by atoms with Crippen LogP contribution in [-0.2, 0) is 10.0 Å². The van der Waals surface area contributed by atoms with Crippen LogP contribution in [0.4, 0.5) is 4.39 Å². The zero-order valence-electron chi connectivity index (χ0n) is 14.4. The summed E-state index contributed by atoms with van der Waals surface area (Å²) >= 11 is 3.16. The Balaban J connectivity index is 2.11. The average molecular weight is 473 g/mol. The summed E-state index contributed by atoms with van der Waals surface area (Å²) in [5.41, 5.74) is 1.20. The number of hydrogen-bond acceptors (Lipinski definition) is 6. The number of halogens is 2. The Morgan fingerprint density at radius 1 is 1.17 bits per heavy atom. The smallest absolute Gasteiger partial charge is 0.239 e. The van der Waals surface area contributed by atoms with Crippen molar-refractivity contribution in [1.82, 2.24) is 19.5 Å². The molecule has 0 bridgehead atoms. The maximum atomic E-state index is 14.2. The zero-order valence-corrected chi connectivity index (χ0v) is 16.8. The van der Waals surface area contributed by atoms with Crippen LogP contribution in [0, 0.1) is 17.1 Å². The van der Waals surface area contributed by atoms with Crippen LogP contribution in [0.15, 0.2) is 58.3 Å². The Labute approximate surface area is 172 Å². The van der Waals surface area contributed by atoms with Crippen molar-refractivity contribution in [2.24, 2.45) is 5.14 Å². The van der Waals surface area contributed by atoms with Crippen LogP contribution >= 0.6 is 15.9 Å². The summed E-state index contributed by atoms with van der Waals surface area (Å²) in [6.07, 6.45) is 4.15. The number of fused-ring (bicyclic) bond motifs is 1. The van der Waals surface area contributed by atoms with Gasteiger partial charge in [0.25, 0.3) is 0 Å².